The van der Waals surface area contributed by atoms with Gasteiger partial charge in [-0.2, -0.15) is 5.26 Å². The number of aromatic nitrogens is 2. The largest absolute Gasteiger partial charge is 0.392 e. The molecule has 1 aromatic carbocycles. The molecule has 200 valence electrons. The first-order valence-electron chi connectivity index (χ1n) is 12.2. The quantitative estimate of drug-likeness (QED) is 0.319. The van der Waals surface area contributed by atoms with Crippen LogP contribution in [0.3, 0.4) is 0 Å². The van der Waals surface area contributed by atoms with Crippen molar-refractivity contribution < 1.29 is 23.5 Å². The van der Waals surface area contributed by atoms with E-state index in [2.05, 4.69) is 10.3 Å². The Labute approximate surface area is 223 Å². The number of piperidine rings is 1. The Morgan fingerprint density at radius 1 is 1.32 bits per heavy atom. The number of aliphatic hydroxyl groups excluding tert-OH is 1. The molecule has 11 heteroatoms. The second-order valence-corrected chi connectivity index (χ2v) is 11.4. The number of carbonyl (C=O) groups is 2. The minimum atomic E-state index is -2.67. The van der Waals surface area contributed by atoms with Crippen LogP contribution in [0.2, 0.25) is 0 Å². The zero-order valence-corrected chi connectivity index (χ0v) is 22.2. The van der Waals surface area contributed by atoms with Crippen LogP contribution in [0.1, 0.15) is 66.2 Å². The Bertz CT molecular complexity index is 1430. The summed E-state index contributed by atoms with van der Waals surface area (Å²) in [4.78, 5) is 32.3. The van der Waals surface area contributed by atoms with Crippen molar-refractivity contribution >= 4 is 40.1 Å². The molecule has 2 aromatic heterocycles. The molecule has 2 N–H and O–H groups in total. The molecule has 3 aromatic rings. The summed E-state index contributed by atoms with van der Waals surface area (Å²) in [5, 5.41) is 22.0. The molecular weight excluding hydrogens is 512 g/mol. The molecule has 1 fully saturated rings. The molecule has 0 unspecified atom stereocenters. The number of likely N-dealkylation sites (tertiary alicyclic amines) is 1. The first-order chi connectivity index (χ1) is 18.0. The maximum atomic E-state index is 13.2. The number of hydrogen-bond donors (Lipinski definition) is 2. The molecule has 0 saturated carbocycles. The fraction of sp³-hybridized carbons (Fsp3) is 0.407. The number of anilines is 1. The number of allylic oxidation sites excluding steroid dienone is 1. The highest BCUT2D eigenvalue weighted by Gasteiger charge is 2.30. The van der Waals surface area contributed by atoms with Crippen LogP contribution in [0.5, 0.6) is 0 Å². The summed E-state index contributed by atoms with van der Waals surface area (Å²) in [5.41, 5.74) is 1.63. The SMILES string of the molecule is CC(C)(C)C=C(C#N)C(=O)N1CCC[C@@H](n2c(NC(=O)c3ccc(C(F)F)s3)nc3cc(CO)ccc32)C1. The monoisotopic (exact) mass is 541 g/mol. The van der Waals surface area contributed by atoms with Crippen LogP contribution in [0.4, 0.5) is 14.7 Å². The molecule has 0 spiro atoms. The number of rotatable bonds is 6. The number of amides is 2. The van der Waals surface area contributed by atoms with Crippen molar-refractivity contribution in [2.75, 3.05) is 18.4 Å². The Hall–Kier alpha value is -3.62. The zero-order chi connectivity index (χ0) is 27.6. The minimum Gasteiger partial charge on any atom is -0.392 e. The van der Waals surface area contributed by atoms with Crippen molar-refractivity contribution in [3.63, 3.8) is 0 Å². The Kier molecular flexibility index (Phi) is 7.94. The fourth-order valence-electron chi connectivity index (χ4n) is 4.55. The third kappa shape index (κ3) is 5.92. The topological polar surface area (TPSA) is 111 Å². The number of fused-ring (bicyclic) bond motifs is 1. The second kappa shape index (κ2) is 11.0. The second-order valence-electron chi connectivity index (χ2n) is 10.3. The minimum absolute atomic E-state index is 0.0854. The summed E-state index contributed by atoms with van der Waals surface area (Å²) in [6, 6.07) is 9.61. The predicted octanol–water partition coefficient (Wildman–Crippen LogP) is 5.44. The highest BCUT2D eigenvalue weighted by atomic mass is 32.1. The van der Waals surface area contributed by atoms with E-state index in [9.17, 15) is 28.7 Å². The summed E-state index contributed by atoms with van der Waals surface area (Å²) < 4.78 is 27.9. The van der Waals surface area contributed by atoms with E-state index in [0.29, 0.717) is 53.9 Å². The number of nitrogens with zero attached hydrogens (tertiary/aromatic N) is 4. The molecule has 0 radical (unpaired) electrons. The number of nitrogens with one attached hydrogen (secondary N) is 1. The molecule has 4 rings (SSSR count). The summed E-state index contributed by atoms with van der Waals surface area (Å²) in [6.07, 6.45) is 0.371. The van der Waals surface area contributed by atoms with E-state index in [1.807, 2.05) is 31.4 Å². The van der Waals surface area contributed by atoms with Gasteiger partial charge in [-0.15, -0.1) is 11.3 Å². The van der Waals surface area contributed by atoms with Crippen molar-refractivity contribution in [2.45, 2.75) is 52.7 Å². The number of aliphatic hydroxyl groups is 1. The van der Waals surface area contributed by atoms with Crippen LogP contribution in [-0.2, 0) is 11.4 Å². The van der Waals surface area contributed by atoms with Gasteiger partial charge in [0, 0.05) is 13.1 Å². The third-order valence-electron chi connectivity index (χ3n) is 6.20. The van der Waals surface area contributed by atoms with Crippen LogP contribution in [-0.4, -0.2) is 44.5 Å². The van der Waals surface area contributed by atoms with E-state index in [-0.39, 0.29) is 45.2 Å². The van der Waals surface area contributed by atoms with Gasteiger partial charge >= 0.3 is 0 Å². The van der Waals surface area contributed by atoms with Crippen molar-refractivity contribution in [3.05, 3.63) is 57.3 Å². The fourth-order valence-corrected chi connectivity index (χ4v) is 5.31. The average molecular weight is 542 g/mol. The molecule has 1 atom stereocenters. The lowest BCUT2D eigenvalue weighted by atomic mass is 9.93. The van der Waals surface area contributed by atoms with Crippen LogP contribution in [0, 0.1) is 16.7 Å². The van der Waals surface area contributed by atoms with Gasteiger partial charge in [0.05, 0.1) is 33.4 Å². The van der Waals surface area contributed by atoms with Crippen LogP contribution in [0.15, 0.2) is 42.0 Å². The van der Waals surface area contributed by atoms with Crippen molar-refractivity contribution in [3.8, 4) is 6.07 Å². The number of alkyl halides is 2. The average Bonchev–Trinajstić information content (AvgIpc) is 3.51. The van der Waals surface area contributed by atoms with E-state index in [0.717, 1.165) is 0 Å². The highest BCUT2D eigenvalue weighted by Crippen LogP contribution is 2.33. The molecule has 1 aliphatic rings. The van der Waals surface area contributed by atoms with E-state index in [1.165, 1.54) is 12.1 Å². The third-order valence-corrected chi connectivity index (χ3v) is 7.30. The van der Waals surface area contributed by atoms with E-state index in [4.69, 9.17) is 0 Å². The molecule has 2 amide bonds. The van der Waals surface area contributed by atoms with Crippen molar-refractivity contribution in [2.24, 2.45) is 5.41 Å². The number of benzene rings is 1. The highest BCUT2D eigenvalue weighted by molar-refractivity contribution is 7.14. The summed E-state index contributed by atoms with van der Waals surface area (Å²) in [7, 11) is 0. The first kappa shape index (κ1) is 27.4. The van der Waals surface area contributed by atoms with Crippen molar-refractivity contribution in [1.29, 1.82) is 5.26 Å². The molecule has 8 nitrogen and oxygen atoms in total. The molecule has 0 aliphatic carbocycles. The van der Waals surface area contributed by atoms with Gasteiger partial charge in [-0.25, -0.2) is 13.8 Å². The van der Waals surface area contributed by atoms with Crippen LogP contribution in [0.25, 0.3) is 11.0 Å². The number of nitriles is 1. The molecule has 3 heterocycles. The van der Waals surface area contributed by atoms with Gasteiger partial charge < -0.3 is 14.6 Å². The number of hydrogen-bond acceptors (Lipinski definition) is 6. The van der Waals surface area contributed by atoms with Gasteiger partial charge in [-0.3, -0.25) is 14.9 Å². The van der Waals surface area contributed by atoms with E-state index >= 15 is 0 Å². The van der Waals surface area contributed by atoms with Crippen LogP contribution >= 0.6 is 11.3 Å². The van der Waals surface area contributed by atoms with Gasteiger partial charge in [-0.05, 0) is 48.1 Å². The maximum Gasteiger partial charge on any atom is 0.272 e. The molecule has 0 bridgehead atoms. The Morgan fingerprint density at radius 2 is 2.08 bits per heavy atom. The smallest absolute Gasteiger partial charge is 0.272 e. The standard InChI is InChI=1S/C27H29F2N5O3S/c1-27(2,3)12-17(13-30)25(37)33-10-4-5-18(14-33)34-20-7-6-16(15-35)11-19(20)31-26(34)32-24(36)22-9-8-21(38-22)23(28)29/h6-9,11-12,18,23,35H,4-5,10,14-15H2,1-3H3,(H,31,32,36)/t18-/m1/s1. The number of thiophene rings is 1. The van der Waals surface area contributed by atoms with Gasteiger partial charge in [-0.1, -0.05) is 32.9 Å². The van der Waals surface area contributed by atoms with Crippen LogP contribution < -0.4 is 5.32 Å². The lowest BCUT2D eigenvalue weighted by molar-refractivity contribution is -0.128. The van der Waals surface area contributed by atoms with Crippen molar-refractivity contribution in [1.82, 2.24) is 14.5 Å². The Balaban J connectivity index is 1.69. The van der Waals surface area contributed by atoms with E-state index in [1.54, 1.807) is 29.2 Å². The normalized spacial score (nSPS) is 16.6. The lowest BCUT2D eigenvalue weighted by Gasteiger charge is -2.34. The molecule has 38 heavy (non-hydrogen) atoms. The van der Waals surface area contributed by atoms with Gasteiger partial charge in [0.1, 0.15) is 11.6 Å². The number of carbonyl (C=O) groups excluding carboxylic acids is 2. The van der Waals surface area contributed by atoms with Gasteiger partial charge in [0.25, 0.3) is 18.2 Å². The lowest BCUT2D eigenvalue weighted by Crippen LogP contribution is -2.41. The Morgan fingerprint density at radius 3 is 2.71 bits per heavy atom. The number of halogens is 2. The molecule has 1 saturated heterocycles. The van der Waals surface area contributed by atoms with Gasteiger partial charge in [0.15, 0.2) is 0 Å². The summed E-state index contributed by atoms with van der Waals surface area (Å²) in [5.74, 6) is -0.690. The predicted molar refractivity (Wildman–Crippen MR) is 141 cm³/mol. The summed E-state index contributed by atoms with van der Waals surface area (Å²) in [6.45, 7) is 6.36. The molecular formula is C27H29F2N5O3S. The molecule has 1 aliphatic heterocycles. The summed E-state index contributed by atoms with van der Waals surface area (Å²) >= 11 is 0.715. The number of imidazole rings is 1. The zero-order valence-electron chi connectivity index (χ0n) is 21.4. The van der Waals surface area contributed by atoms with Gasteiger partial charge in [0.2, 0.25) is 5.95 Å². The van der Waals surface area contributed by atoms with E-state index < -0.39 is 12.3 Å². The first-order valence-corrected chi connectivity index (χ1v) is 13.1. The maximum absolute atomic E-state index is 13.2.